The zero-order valence-corrected chi connectivity index (χ0v) is 35.9. The second-order valence-electron chi connectivity index (χ2n) is 15.7. The highest BCUT2D eigenvalue weighted by Crippen LogP contribution is 2.39. The molecular formula is C61H50N2. The van der Waals surface area contributed by atoms with Gasteiger partial charge in [-0.2, -0.15) is 0 Å². The fraction of sp³-hybridized carbons (Fsp3) is 0.0492. The van der Waals surface area contributed by atoms with E-state index in [1.165, 1.54) is 50.2 Å². The molecule has 0 saturated carbocycles. The zero-order chi connectivity index (χ0) is 42.8. The Labute approximate surface area is 373 Å². The van der Waals surface area contributed by atoms with Crippen LogP contribution in [0.5, 0.6) is 0 Å². The van der Waals surface area contributed by atoms with Gasteiger partial charge >= 0.3 is 0 Å². The molecule has 9 aromatic rings. The fourth-order valence-electron chi connectivity index (χ4n) is 8.20. The predicted octanol–water partition coefficient (Wildman–Crippen LogP) is 17.4. The highest BCUT2D eigenvalue weighted by molar-refractivity contribution is 5.82. The Hall–Kier alpha value is -7.94. The van der Waals surface area contributed by atoms with Gasteiger partial charge in [0.25, 0.3) is 0 Å². The Morgan fingerprint density at radius 1 is 0.317 bits per heavy atom. The minimum absolute atomic E-state index is 0.864. The molecule has 9 aromatic carbocycles. The van der Waals surface area contributed by atoms with Crippen LogP contribution in [0.4, 0.5) is 28.4 Å². The van der Waals surface area contributed by atoms with Gasteiger partial charge in [0.1, 0.15) is 0 Å². The standard InChI is InChI=1S/C61H50N2/c1-3-56(35-24-46(2)47-16-8-4-9-17-47)62(57-36-25-51(26-37-57)48-18-10-5-11-19-48)58-38-31-54(32-39-58)55-33-44-61(45-34-55)63(59-40-27-52(28-41-59)49-20-12-6-13-21-49)60-42-29-53(30-43-60)50-22-14-7-15-23-50/h4-45H,3H2,1-2H3/b46-24+,56-35+. The molecule has 0 heterocycles. The summed E-state index contributed by atoms with van der Waals surface area (Å²) in [6.45, 7) is 4.41. The Morgan fingerprint density at radius 2 is 0.587 bits per heavy atom. The quantitative estimate of drug-likeness (QED) is 0.107. The van der Waals surface area contributed by atoms with Crippen LogP contribution in [0, 0.1) is 0 Å². The number of benzene rings is 9. The Morgan fingerprint density at radius 3 is 0.889 bits per heavy atom. The van der Waals surface area contributed by atoms with E-state index >= 15 is 0 Å². The SMILES string of the molecule is CC/C(=C\C=C(/C)c1ccccc1)N(c1ccc(-c2ccccc2)cc1)c1ccc(-c2ccc(N(c3ccc(-c4ccccc4)cc3)c3ccc(-c4ccccc4)cc3)cc2)cc1. The summed E-state index contributed by atoms with van der Waals surface area (Å²) >= 11 is 0. The Bertz CT molecular complexity index is 2820. The number of hydrogen-bond acceptors (Lipinski definition) is 2. The van der Waals surface area contributed by atoms with Crippen molar-refractivity contribution in [1.82, 2.24) is 0 Å². The first-order chi connectivity index (χ1) is 31.1. The second-order valence-corrected chi connectivity index (χ2v) is 15.7. The van der Waals surface area contributed by atoms with E-state index < -0.39 is 0 Å². The van der Waals surface area contributed by atoms with Crippen LogP contribution < -0.4 is 9.80 Å². The maximum atomic E-state index is 2.39. The van der Waals surface area contributed by atoms with E-state index in [0.29, 0.717) is 0 Å². The highest BCUT2D eigenvalue weighted by Gasteiger charge is 2.16. The smallest absolute Gasteiger partial charge is 0.0462 e. The molecule has 63 heavy (non-hydrogen) atoms. The molecule has 304 valence electrons. The maximum Gasteiger partial charge on any atom is 0.0462 e. The first kappa shape index (κ1) is 40.5. The monoisotopic (exact) mass is 810 g/mol. The molecule has 0 bridgehead atoms. The molecule has 0 spiro atoms. The third kappa shape index (κ3) is 9.37. The lowest BCUT2D eigenvalue weighted by molar-refractivity contribution is 1.01. The topological polar surface area (TPSA) is 6.48 Å². The predicted molar refractivity (Wildman–Crippen MR) is 270 cm³/mol. The average molecular weight is 811 g/mol. The van der Waals surface area contributed by atoms with Gasteiger partial charge in [-0.15, -0.1) is 0 Å². The molecule has 0 saturated heterocycles. The maximum absolute atomic E-state index is 2.39. The average Bonchev–Trinajstić information content (AvgIpc) is 3.37. The van der Waals surface area contributed by atoms with Crippen LogP contribution >= 0.6 is 0 Å². The van der Waals surface area contributed by atoms with Crippen LogP contribution in [0.15, 0.2) is 261 Å². The van der Waals surface area contributed by atoms with Crippen molar-refractivity contribution in [2.45, 2.75) is 20.3 Å². The van der Waals surface area contributed by atoms with Crippen molar-refractivity contribution >= 4 is 34.0 Å². The van der Waals surface area contributed by atoms with E-state index in [2.05, 4.69) is 278 Å². The van der Waals surface area contributed by atoms with Crippen molar-refractivity contribution in [3.8, 4) is 44.5 Å². The van der Waals surface area contributed by atoms with Gasteiger partial charge < -0.3 is 9.80 Å². The molecule has 0 aliphatic rings. The van der Waals surface area contributed by atoms with E-state index in [4.69, 9.17) is 0 Å². The normalized spacial score (nSPS) is 11.6. The van der Waals surface area contributed by atoms with Crippen LogP contribution in [-0.4, -0.2) is 0 Å². The lowest BCUT2D eigenvalue weighted by atomic mass is 10.0. The molecule has 9 rings (SSSR count). The number of anilines is 5. The molecular weight excluding hydrogens is 761 g/mol. The molecule has 0 aliphatic carbocycles. The summed E-state index contributed by atoms with van der Waals surface area (Å²) in [4.78, 5) is 4.73. The largest absolute Gasteiger partial charge is 0.314 e. The first-order valence-corrected chi connectivity index (χ1v) is 21.8. The van der Waals surface area contributed by atoms with Gasteiger partial charge in [0.2, 0.25) is 0 Å². The third-order valence-corrected chi connectivity index (χ3v) is 11.7. The van der Waals surface area contributed by atoms with Crippen LogP contribution in [-0.2, 0) is 0 Å². The van der Waals surface area contributed by atoms with E-state index in [9.17, 15) is 0 Å². The van der Waals surface area contributed by atoms with Crippen molar-refractivity contribution in [3.05, 3.63) is 266 Å². The molecule has 0 unspecified atom stereocenters. The summed E-state index contributed by atoms with van der Waals surface area (Å²) in [7, 11) is 0. The highest BCUT2D eigenvalue weighted by atomic mass is 15.1. The number of allylic oxidation sites excluding steroid dienone is 4. The van der Waals surface area contributed by atoms with Crippen LogP contribution in [0.25, 0.3) is 50.1 Å². The van der Waals surface area contributed by atoms with E-state index in [0.717, 1.165) is 46.0 Å². The molecule has 0 atom stereocenters. The van der Waals surface area contributed by atoms with Crippen LogP contribution in [0.3, 0.4) is 0 Å². The van der Waals surface area contributed by atoms with Gasteiger partial charge in [-0.05, 0) is 136 Å². The molecule has 0 aromatic heterocycles. The molecule has 0 N–H and O–H groups in total. The summed E-state index contributed by atoms with van der Waals surface area (Å²) in [5, 5.41) is 0. The Kier molecular flexibility index (Phi) is 12.3. The van der Waals surface area contributed by atoms with Crippen molar-refractivity contribution < 1.29 is 0 Å². The molecule has 0 fully saturated rings. The van der Waals surface area contributed by atoms with Gasteiger partial charge in [-0.1, -0.05) is 195 Å². The third-order valence-electron chi connectivity index (χ3n) is 11.7. The molecule has 0 aliphatic heterocycles. The number of nitrogens with zero attached hydrogens (tertiary/aromatic N) is 2. The van der Waals surface area contributed by atoms with Crippen LogP contribution in [0.2, 0.25) is 0 Å². The lowest BCUT2D eigenvalue weighted by Crippen LogP contribution is -2.16. The molecule has 0 radical (unpaired) electrons. The van der Waals surface area contributed by atoms with Crippen molar-refractivity contribution in [1.29, 1.82) is 0 Å². The minimum atomic E-state index is 0.864. The van der Waals surface area contributed by atoms with Gasteiger partial charge in [-0.25, -0.2) is 0 Å². The summed E-state index contributed by atoms with van der Waals surface area (Å²) in [6.07, 6.45) is 5.38. The van der Waals surface area contributed by atoms with Gasteiger partial charge in [-0.3, -0.25) is 0 Å². The molecule has 0 amide bonds. The van der Waals surface area contributed by atoms with Crippen molar-refractivity contribution in [2.75, 3.05) is 9.80 Å². The minimum Gasteiger partial charge on any atom is -0.314 e. The summed E-state index contributed by atoms with van der Waals surface area (Å²) in [5.41, 5.74) is 18.7. The lowest BCUT2D eigenvalue weighted by Gasteiger charge is -2.28. The van der Waals surface area contributed by atoms with Crippen molar-refractivity contribution in [3.63, 3.8) is 0 Å². The van der Waals surface area contributed by atoms with E-state index in [1.807, 2.05) is 0 Å². The summed E-state index contributed by atoms with van der Waals surface area (Å²) < 4.78 is 0. The summed E-state index contributed by atoms with van der Waals surface area (Å²) in [6, 6.07) is 86.9. The molecule has 2 nitrogen and oxygen atoms in total. The van der Waals surface area contributed by atoms with E-state index in [1.54, 1.807) is 0 Å². The van der Waals surface area contributed by atoms with Gasteiger partial charge in [0, 0.05) is 34.1 Å². The second kappa shape index (κ2) is 19.2. The molecule has 2 heteroatoms. The first-order valence-electron chi connectivity index (χ1n) is 21.8. The number of hydrogen-bond donors (Lipinski definition) is 0. The van der Waals surface area contributed by atoms with E-state index in [-0.39, 0.29) is 0 Å². The Balaban J connectivity index is 1.03. The number of rotatable bonds is 13. The van der Waals surface area contributed by atoms with Gasteiger partial charge in [0.15, 0.2) is 0 Å². The summed E-state index contributed by atoms with van der Waals surface area (Å²) in [5.74, 6) is 0. The fourth-order valence-corrected chi connectivity index (χ4v) is 8.20. The zero-order valence-electron chi connectivity index (χ0n) is 35.9. The van der Waals surface area contributed by atoms with Gasteiger partial charge in [0.05, 0.1) is 0 Å². The van der Waals surface area contributed by atoms with Crippen LogP contribution in [0.1, 0.15) is 25.8 Å². The van der Waals surface area contributed by atoms with Crippen molar-refractivity contribution in [2.24, 2.45) is 0 Å².